The fourth-order valence-corrected chi connectivity index (χ4v) is 1.78. The van der Waals surface area contributed by atoms with Gasteiger partial charge in [0.15, 0.2) is 0 Å². The lowest BCUT2D eigenvalue weighted by atomic mass is 9.99. The van der Waals surface area contributed by atoms with E-state index in [2.05, 4.69) is 15.9 Å². The molecule has 0 saturated carbocycles. The Morgan fingerprint density at radius 1 is 1.47 bits per heavy atom. The van der Waals surface area contributed by atoms with Crippen molar-refractivity contribution in [2.24, 2.45) is 0 Å². The Bertz CT molecular complexity index is 505. The Kier molecular flexibility index (Phi) is 3.78. The highest BCUT2D eigenvalue weighted by Gasteiger charge is 2.37. The zero-order valence-electron chi connectivity index (χ0n) is 8.18. The zero-order chi connectivity index (χ0) is 13.2. The third kappa shape index (κ3) is 2.97. The van der Waals surface area contributed by atoms with E-state index in [0.29, 0.717) is 0 Å². The van der Waals surface area contributed by atoms with Crippen LogP contribution >= 0.6 is 15.9 Å². The van der Waals surface area contributed by atoms with Gasteiger partial charge in [0.2, 0.25) is 0 Å². The van der Waals surface area contributed by atoms with Crippen molar-refractivity contribution in [1.82, 2.24) is 0 Å². The van der Waals surface area contributed by atoms with Crippen molar-refractivity contribution < 1.29 is 23.1 Å². The van der Waals surface area contributed by atoms with E-state index in [1.165, 1.54) is 12.1 Å². The molecule has 0 saturated heterocycles. The quantitative estimate of drug-likeness (QED) is 0.913. The van der Waals surface area contributed by atoms with Gasteiger partial charge in [-0.15, -0.1) is 0 Å². The molecule has 0 aliphatic carbocycles. The van der Waals surface area contributed by atoms with Crippen molar-refractivity contribution in [3.8, 4) is 6.07 Å². The maximum atomic E-state index is 12.8. The second kappa shape index (κ2) is 4.75. The summed E-state index contributed by atoms with van der Waals surface area (Å²) in [6.07, 6.45) is -5.55. The van der Waals surface area contributed by atoms with Crippen LogP contribution in [0.15, 0.2) is 16.6 Å². The standard InChI is InChI=1S/C10H5BrF3NO2/c11-7-2-1-5(3-8(16)17)9(6(7)4-15)10(12,13)14/h1-2H,3H2,(H,16,17). The molecule has 7 heteroatoms. The molecule has 0 radical (unpaired) electrons. The van der Waals surface area contributed by atoms with Crippen LogP contribution in [0, 0.1) is 11.3 Å². The molecular formula is C10H5BrF3NO2. The second-order valence-corrected chi connectivity index (χ2v) is 3.99. The van der Waals surface area contributed by atoms with Crippen LogP contribution in [0.25, 0.3) is 0 Å². The number of aliphatic carboxylic acids is 1. The molecule has 0 fully saturated rings. The number of halogens is 4. The molecule has 0 spiro atoms. The fourth-order valence-electron chi connectivity index (χ4n) is 1.36. The van der Waals surface area contributed by atoms with Crippen LogP contribution < -0.4 is 0 Å². The summed E-state index contributed by atoms with van der Waals surface area (Å²) in [5.74, 6) is -1.39. The zero-order valence-corrected chi connectivity index (χ0v) is 9.76. The summed E-state index contributed by atoms with van der Waals surface area (Å²) < 4.78 is 38.3. The normalized spacial score (nSPS) is 11.0. The smallest absolute Gasteiger partial charge is 0.418 e. The first-order valence-electron chi connectivity index (χ1n) is 4.28. The Hall–Kier alpha value is -1.55. The van der Waals surface area contributed by atoms with Gasteiger partial charge in [-0.05, 0) is 27.6 Å². The van der Waals surface area contributed by atoms with E-state index < -0.39 is 35.3 Å². The maximum absolute atomic E-state index is 12.8. The Balaban J connectivity index is 3.53. The minimum Gasteiger partial charge on any atom is -0.481 e. The molecule has 0 unspecified atom stereocenters. The van der Waals surface area contributed by atoms with Crippen LogP contribution in [0.1, 0.15) is 16.7 Å². The topological polar surface area (TPSA) is 61.1 Å². The van der Waals surface area contributed by atoms with Crippen molar-refractivity contribution in [2.45, 2.75) is 12.6 Å². The van der Waals surface area contributed by atoms with E-state index in [0.717, 1.165) is 6.07 Å². The number of nitrogens with zero attached hydrogens (tertiary/aromatic N) is 1. The molecule has 3 nitrogen and oxygen atoms in total. The van der Waals surface area contributed by atoms with Crippen molar-refractivity contribution in [1.29, 1.82) is 5.26 Å². The van der Waals surface area contributed by atoms with E-state index in [1.807, 2.05) is 0 Å². The number of carboxylic acids is 1. The molecular weight excluding hydrogens is 303 g/mol. The minimum absolute atomic E-state index is 0.0125. The predicted octanol–water partition coefficient (Wildman–Crippen LogP) is 2.97. The van der Waals surface area contributed by atoms with Gasteiger partial charge in [0, 0.05) is 4.47 Å². The lowest BCUT2D eigenvalue weighted by Gasteiger charge is -2.14. The number of nitriles is 1. The van der Waals surface area contributed by atoms with Crippen LogP contribution in [-0.2, 0) is 17.4 Å². The summed E-state index contributed by atoms with van der Waals surface area (Å²) in [7, 11) is 0. The molecule has 1 rings (SSSR count). The van der Waals surface area contributed by atoms with Gasteiger partial charge in [0.05, 0.1) is 17.5 Å². The number of hydrogen-bond acceptors (Lipinski definition) is 2. The summed E-state index contributed by atoms with van der Waals surface area (Å²) in [4.78, 5) is 10.5. The molecule has 0 bridgehead atoms. The second-order valence-electron chi connectivity index (χ2n) is 3.14. The molecule has 0 amide bonds. The van der Waals surface area contributed by atoms with Crippen LogP contribution in [-0.4, -0.2) is 11.1 Å². The first-order valence-corrected chi connectivity index (χ1v) is 5.07. The average molecular weight is 308 g/mol. The van der Waals surface area contributed by atoms with E-state index in [4.69, 9.17) is 10.4 Å². The van der Waals surface area contributed by atoms with Gasteiger partial charge in [0.25, 0.3) is 0 Å². The molecule has 17 heavy (non-hydrogen) atoms. The summed E-state index contributed by atoms with van der Waals surface area (Å²) in [5, 5.41) is 17.2. The van der Waals surface area contributed by atoms with Gasteiger partial charge in [0.1, 0.15) is 6.07 Å². The molecule has 0 aromatic heterocycles. The van der Waals surface area contributed by atoms with Gasteiger partial charge in [-0.3, -0.25) is 4.79 Å². The molecule has 1 aromatic carbocycles. The van der Waals surface area contributed by atoms with Crippen molar-refractivity contribution in [2.75, 3.05) is 0 Å². The number of hydrogen-bond donors (Lipinski definition) is 1. The van der Waals surface area contributed by atoms with E-state index >= 15 is 0 Å². The number of rotatable bonds is 2. The van der Waals surface area contributed by atoms with Gasteiger partial charge in [-0.25, -0.2) is 0 Å². The summed E-state index contributed by atoms with van der Waals surface area (Å²) in [6.45, 7) is 0. The lowest BCUT2D eigenvalue weighted by Crippen LogP contribution is -2.15. The summed E-state index contributed by atoms with van der Waals surface area (Å²) in [5.41, 5.74) is -2.22. The highest BCUT2D eigenvalue weighted by atomic mass is 79.9. The van der Waals surface area contributed by atoms with Crippen molar-refractivity contribution >= 4 is 21.9 Å². The SMILES string of the molecule is N#Cc1c(Br)ccc(CC(=O)O)c1C(F)(F)F. The molecule has 1 N–H and O–H groups in total. The molecule has 90 valence electrons. The molecule has 0 aliphatic rings. The first kappa shape index (κ1) is 13.5. The number of benzene rings is 1. The van der Waals surface area contributed by atoms with Crippen LogP contribution in [0.4, 0.5) is 13.2 Å². The third-order valence-electron chi connectivity index (χ3n) is 1.98. The number of alkyl halides is 3. The average Bonchev–Trinajstić information content (AvgIpc) is 2.17. The van der Waals surface area contributed by atoms with Gasteiger partial charge in [-0.1, -0.05) is 6.07 Å². The highest BCUT2D eigenvalue weighted by Crippen LogP contribution is 2.37. The van der Waals surface area contributed by atoms with Crippen LogP contribution in [0.2, 0.25) is 0 Å². The third-order valence-corrected chi connectivity index (χ3v) is 2.64. The Morgan fingerprint density at radius 2 is 2.06 bits per heavy atom. The predicted molar refractivity (Wildman–Crippen MR) is 55.2 cm³/mol. The van der Waals surface area contributed by atoms with E-state index in [-0.39, 0.29) is 4.47 Å². The van der Waals surface area contributed by atoms with Gasteiger partial charge >= 0.3 is 12.1 Å². The van der Waals surface area contributed by atoms with Gasteiger partial charge in [-0.2, -0.15) is 18.4 Å². The molecule has 0 heterocycles. The first-order chi connectivity index (χ1) is 7.77. The van der Waals surface area contributed by atoms with Crippen molar-refractivity contribution in [3.63, 3.8) is 0 Å². The fraction of sp³-hybridized carbons (Fsp3) is 0.200. The van der Waals surface area contributed by atoms with E-state index in [1.54, 1.807) is 0 Å². The molecule has 1 aromatic rings. The molecule has 0 aliphatic heterocycles. The van der Waals surface area contributed by atoms with E-state index in [9.17, 15) is 18.0 Å². The van der Waals surface area contributed by atoms with Crippen LogP contribution in [0.5, 0.6) is 0 Å². The minimum atomic E-state index is -4.76. The Labute approximate surface area is 103 Å². The monoisotopic (exact) mass is 307 g/mol. The van der Waals surface area contributed by atoms with Gasteiger partial charge < -0.3 is 5.11 Å². The van der Waals surface area contributed by atoms with Crippen molar-refractivity contribution in [3.05, 3.63) is 33.3 Å². The largest absolute Gasteiger partial charge is 0.481 e. The lowest BCUT2D eigenvalue weighted by molar-refractivity contribution is -0.139. The maximum Gasteiger partial charge on any atom is 0.418 e. The summed E-state index contributed by atoms with van der Waals surface area (Å²) >= 11 is 2.83. The summed E-state index contributed by atoms with van der Waals surface area (Å²) in [6, 6.07) is 3.70. The Morgan fingerprint density at radius 3 is 2.47 bits per heavy atom. The highest BCUT2D eigenvalue weighted by molar-refractivity contribution is 9.10. The number of carboxylic acid groups (broad SMARTS) is 1. The van der Waals surface area contributed by atoms with Crippen LogP contribution in [0.3, 0.4) is 0 Å². The number of carbonyl (C=O) groups is 1. The molecule has 0 atom stereocenters.